The summed E-state index contributed by atoms with van der Waals surface area (Å²) >= 11 is 0. The van der Waals surface area contributed by atoms with Crippen molar-refractivity contribution in [1.29, 1.82) is 0 Å². The third kappa shape index (κ3) is 2.91. The summed E-state index contributed by atoms with van der Waals surface area (Å²) in [5.41, 5.74) is -1.34. The number of aromatic nitrogens is 2. The first-order chi connectivity index (χ1) is 8.79. The number of nitrogens with zero attached hydrogens (tertiary/aromatic N) is 2. The number of hydrogen-bond acceptors (Lipinski definition) is 4. The van der Waals surface area contributed by atoms with Gasteiger partial charge in [0.15, 0.2) is 5.69 Å². The van der Waals surface area contributed by atoms with Crippen molar-refractivity contribution >= 4 is 5.97 Å². The van der Waals surface area contributed by atoms with Crippen molar-refractivity contribution in [2.75, 3.05) is 6.54 Å². The molecule has 106 valence electrons. The third-order valence-electron chi connectivity index (χ3n) is 2.67. The molecule has 0 amide bonds. The number of ether oxygens (including phenoxy) is 1. The number of carbonyl (C=O) groups is 1. The Balaban J connectivity index is 2.42. The van der Waals surface area contributed by atoms with Gasteiger partial charge in [0.25, 0.3) is 6.43 Å². The molecule has 0 fully saturated rings. The van der Waals surface area contributed by atoms with Crippen LogP contribution in [0.3, 0.4) is 0 Å². The van der Waals surface area contributed by atoms with Crippen molar-refractivity contribution in [2.24, 2.45) is 0 Å². The molecular weight excluding hydrogens is 256 g/mol. The van der Waals surface area contributed by atoms with E-state index >= 15 is 0 Å². The van der Waals surface area contributed by atoms with E-state index in [0.717, 1.165) is 0 Å². The summed E-state index contributed by atoms with van der Waals surface area (Å²) in [4.78, 5) is 15.9. The van der Waals surface area contributed by atoms with Gasteiger partial charge in [0.2, 0.25) is 0 Å². The Morgan fingerprint density at radius 3 is 2.74 bits per heavy atom. The van der Waals surface area contributed by atoms with E-state index in [1.807, 2.05) is 0 Å². The van der Waals surface area contributed by atoms with Gasteiger partial charge in [0.1, 0.15) is 17.1 Å². The maximum atomic E-state index is 13.0. The predicted molar refractivity (Wildman–Crippen MR) is 64.1 cm³/mol. The first-order valence-corrected chi connectivity index (χ1v) is 6.11. The number of nitrogens with one attached hydrogen (secondary N) is 1. The largest absolute Gasteiger partial charge is 0.455 e. The third-order valence-corrected chi connectivity index (χ3v) is 2.67. The van der Waals surface area contributed by atoms with Crippen LogP contribution in [0.15, 0.2) is 0 Å². The Morgan fingerprint density at radius 2 is 2.16 bits per heavy atom. The van der Waals surface area contributed by atoms with Gasteiger partial charge < -0.3 is 14.6 Å². The quantitative estimate of drug-likeness (QED) is 0.836. The second-order valence-electron chi connectivity index (χ2n) is 5.39. The molecule has 0 aliphatic carbocycles. The van der Waals surface area contributed by atoms with Crippen molar-refractivity contribution in [3.8, 4) is 0 Å². The van der Waals surface area contributed by atoms with Crippen LogP contribution in [0.2, 0.25) is 0 Å². The molecule has 5 nitrogen and oxygen atoms in total. The van der Waals surface area contributed by atoms with E-state index in [1.54, 1.807) is 20.8 Å². The Hall–Kier alpha value is -1.50. The molecular formula is C12H17F2N3O2. The Kier molecular flexibility index (Phi) is 3.58. The number of carbonyl (C=O) groups excluding carboxylic acids is 1. The SMILES string of the molecule is CC(C)(C)OC(=O)c1c(C(F)F)nc2n1CCNC2. The summed E-state index contributed by atoms with van der Waals surface area (Å²) < 4.78 is 32.7. The minimum Gasteiger partial charge on any atom is -0.455 e. The van der Waals surface area contributed by atoms with Gasteiger partial charge in [-0.2, -0.15) is 0 Å². The molecule has 0 unspecified atom stereocenters. The van der Waals surface area contributed by atoms with Crippen LogP contribution in [0.1, 0.15) is 49.2 Å². The van der Waals surface area contributed by atoms with Crippen LogP contribution in [0.5, 0.6) is 0 Å². The van der Waals surface area contributed by atoms with Crippen molar-refractivity contribution in [2.45, 2.75) is 45.9 Å². The summed E-state index contributed by atoms with van der Waals surface area (Å²) in [6.45, 7) is 6.51. The second kappa shape index (κ2) is 4.88. The Bertz CT molecular complexity index is 492. The number of alkyl halides is 2. The topological polar surface area (TPSA) is 56.1 Å². The molecule has 7 heteroatoms. The zero-order chi connectivity index (χ0) is 14.2. The van der Waals surface area contributed by atoms with E-state index in [4.69, 9.17) is 4.74 Å². The summed E-state index contributed by atoms with van der Waals surface area (Å²) in [6, 6.07) is 0. The highest BCUT2D eigenvalue weighted by Crippen LogP contribution is 2.26. The van der Waals surface area contributed by atoms with Crippen LogP contribution in [-0.2, 0) is 17.8 Å². The highest BCUT2D eigenvalue weighted by molar-refractivity contribution is 5.89. The molecule has 1 aliphatic heterocycles. The van der Waals surface area contributed by atoms with Crippen molar-refractivity contribution in [3.05, 3.63) is 17.2 Å². The van der Waals surface area contributed by atoms with Gasteiger partial charge in [-0.1, -0.05) is 0 Å². The van der Waals surface area contributed by atoms with E-state index in [2.05, 4.69) is 10.3 Å². The molecule has 0 aromatic carbocycles. The zero-order valence-electron chi connectivity index (χ0n) is 11.2. The molecule has 0 saturated heterocycles. The van der Waals surface area contributed by atoms with Crippen LogP contribution in [-0.4, -0.2) is 27.7 Å². The Labute approximate surface area is 110 Å². The molecule has 2 heterocycles. The van der Waals surface area contributed by atoms with Crippen molar-refractivity contribution < 1.29 is 18.3 Å². The molecule has 1 aromatic rings. The number of esters is 1. The molecule has 19 heavy (non-hydrogen) atoms. The van der Waals surface area contributed by atoms with Gasteiger partial charge in [-0.15, -0.1) is 0 Å². The first kappa shape index (κ1) is 13.9. The smallest absolute Gasteiger partial charge is 0.357 e. The lowest BCUT2D eigenvalue weighted by molar-refractivity contribution is 0.00484. The van der Waals surface area contributed by atoms with E-state index in [9.17, 15) is 13.6 Å². The zero-order valence-corrected chi connectivity index (χ0v) is 11.2. The van der Waals surface area contributed by atoms with Gasteiger partial charge in [0.05, 0.1) is 6.54 Å². The second-order valence-corrected chi connectivity index (χ2v) is 5.39. The lowest BCUT2D eigenvalue weighted by atomic mass is 10.2. The Morgan fingerprint density at radius 1 is 1.47 bits per heavy atom. The van der Waals surface area contributed by atoms with Gasteiger partial charge in [-0.25, -0.2) is 18.6 Å². The first-order valence-electron chi connectivity index (χ1n) is 6.11. The number of halogens is 2. The van der Waals surface area contributed by atoms with Gasteiger partial charge in [0, 0.05) is 13.1 Å². The average molecular weight is 273 g/mol. The molecule has 0 bridgehead atoms. The average Bonchev–Trinajstić information content (AvgIpc) is 2.65. The molecule has 1 N–H and O–H groups in total. The van der Waals surface area contributed by atoms with Crippen LogP contribution >= 0.6 is 0 Å². The number of hydrogen-bond donors (Lipinski definition) is 1. The van der Waals surface area contributed by atoms with Gasteiger partial charge in [-0.3, -0.25) is 0 Å². The molecule has 0 spiro atoms. The van der Waals surface area contributed by atoms with Crippen molar-refractivity contribution in [3.63, 3.8) is 0 Å². The summed E-state index contributed by atoms with van der Waals surface area (Å²) in [5.74, 6) is -0.300. The number of rotatable bonds is 2. The standard InChI is InChI=1S/C12H17F2N3O2/c1-12(2,3)19-11(18)9-8(10(13)14)16-7-6-15-4-5-17(7)9/h10,15H,4-6H2,1-3H3. The lowest BCUT2D eigenvalue weighted by Gasteiger charge is -2.22. The van der Waals surface area contributed by atoms with Gasteiger partial charge in [-0.05, 0) is 20.8 Å². The predicted octanol–water partition coefficient (Wildman–Crippen LogP) is 1.88. The fraction of sp³-hybridized carbons (Fsp3) is 0.667. The van der Waals surface area contributed by atoms with Crippen LogP contribution in [0.25, 0.3) is 0 Å². The summed E-state index contributed by atoms with van der Waals surface area (Å²) in [7, 11) is 0. The van der Waals surface area contributed by atoms with E-state index in [0.29, 0.717) is 25.5 Å². The molecule has 1 aromatic heterocycles. The van der Waals surface area contributed by atoms with E-state index in [1.165, 1.54) is 4.57 Å². The minimum atomic E-state index is -2.79. The van der Waals surface area contributed by atoms with Crippen LogP contribution < -0.4 is 5.32 Å². The number of fused-ring (bicyclic) bond motifs is 1. The molecule has 0 atom stereocenters. The van der Waals surface area contributed by atoms with Gasteiger partial charge >= 0.3 is 5.97 Å². The fourth-order valence-electron chi connectivity index (χ4n) is 1.98. The van der Waals surface area contributed by atoms with Crippen LogP contribution in [0.4, 0.5) is 8.78 Å². The molecule has 0 saturated carbocycles. The molecule has 2 rings (SSSR count). The number of imidazole rings is 1. The lowest BCUT2D eigenvalue weighted by Crippen LogP contribution is -2.32. The highest BCUT2D eigenvalue weighted by Gasteiger charge is 2.32. The van der Waals surface area contributed by atoms with Crippen LogP contribution in [0, 0.1) is 0 Å². The summed E-state index contributed by atoms with van der Waals surface area (Å²) in [5, 5.41) is 3.03. The van der Waals surface area contributed by atoms with Crippen molar-refractivity contribution in [1.82, 2.24) is 14.9 Å². The normalized spacial score (nSPS) is 15.5. The minimum absolute atomic E-state index is 0.124. The van der Waals surface area contributed by atoms with E-state index in [-0.39, 0.29) is 5.69 Å². The maximum Gasteiger partial charge on any atom is 0.357 e. The fourth-order valence-corrected chi connectivity index (χ4v) is 1.98. The monoisotopic (exact) mass is 273 g/mol. The highest BCUT2D eigenvalue weighted by atomic mass is 19.3. The molecule has 0 radical (unpaired) electrons. The van der Waals surface area contributed by atoms with E-state index < -0.39 is 23.7 Å². The summed E-state index contributed by atoms with van der Waals surface area (Å²) in [6.07, 6.45) is -2.79. The molecule has 1 aliphatic rings. The maximum absolute atomic E-state index is 13.0.